The van der Waals surface area contributed by atoms with E-state index in [0.29, 0.717) is 11.2 Å². The molecule has 4 aromatic rings. The molecule has 3 aromatic heterocycles. The molecule has 6 nitrogen and oxygen atoms in total. The summed E-state index contributed by atoms with van der Waals surface area (Å²) in [4.78, 5) is 28.5. The van der Waals surface area contributed by atoms with Crippen LogP contribution < -0.4 is 5.56 Å². The van der Waals surface area contributed by atoms with Crippen molar-refractivity contribution in [1.29, 1.82) is 0 Å². The number of aryl methyl sites for hydroxylation is 1. The highest BCUT2D eigenvalue weighted by atomic mass is 35.5. The number of benzene rings is 1. The van der Waals surface area contributed by atoms with E-state index in [4.69, 9.17) is 9.72 Å². The van der Waals surface area contributed by atoms with Gasteiger partial charge in [-0.15, -0.1) is 23.7 Å². The van der Waals surface area contributed by atoms with Gasteiger partial charge in [0.1, 0.15) is 10.7 Å². The molecule has 4 heterocycles. The molecule has 0 unspecified atom stereocenters. The van der Waals surface area contributed by atoms with E-state index in [2.05, 4.69) is 20.9 Å². The molecule has 0 atom stereocenters. The molecule has 0 saturated carbocycles. The topological polar surface area (TPSA) is 71.1 Å². The number of nitrogens with zero attached hydrogens (tertiary/aromatic N) is 3. The van der Waals surface area contributed by atoms with E-state index in [1.807, 2.05) is 30.5 Å². The van der Waals surface area contributed by atoms with E-state index in [1.165, 1.54) is 5.56 Å². The van der Waals surface area contributed by atoms with Gasteiger partial charge in [-0.1, -0.05) is 6.07 Å². The van der Waals surface area contributed by atoms with Crippen molar-refractivity contribution in [3.05, 3.63) is 57.3 Å². The second-order valence-electron chi connectivity index (χ2n) is 7.82. The van der Waals surface area contributed by atoms with Gasteiger partial charge in [0.15, 0.2) is 0 Å². The minimum atomic E-state index is -0.103. The van der Waals surface area contributed by atoms with Gasteiger partial charge in [-0.25, -0.2) is 9.97 Å². The molecule has 0 spiro atoms. The highest BCUT2D eigenvalue weighted by Gasteiger charge is 2.13. The highest BCUT2D eigenvalue weighted by molar-refractivity contribution is 7.16. The van der Waals surface area contributed by atoms with E-state index in [-0.39, 0.29) is 18.0 Å². The summed E-state index contributed by atoms with van der Waals surface area (Å²) in [6.45, 7) is 6.70. The van der Waals surface area contributed by atoms with Gasteiger partial charge in [0, 0.05) is 43.4 Å². The van der Waals surface area contributed by atoms with Gasteiger partial charge in [0.25, 0.3) is 5.56 Å². The minimum absolute atomic E-state index is 0. The fourth-order valence-electron chi connectivity index (χ4n) is 4.07. The first kappa shape index (κ1) is 21.9. The molecule has 1 N–H and O–H groups in total. The van der Waals surface area contributed by atoms with E-state index in [9.17, 15) is 4.79 Å². The van der Waals surface area contributed by atoms with Crippen LogP contribution in [0.1, 0.15) is 17.5 Å². The van der Waals surface area contributed by atoms with Crippen molar-refractivity contribution >= 4 is 44.9 Å². The quantitative estimate of drug-likeness (QED) is 0.498. The summed E-state index contributed by atoms with van der Waals surface area (Å²) < 4.78 is 5.54. The Morgan fingerprint density at radius 3 is 3.03 bits per heavy atom. The summed E-state index contributed by atoms with van der Waals surface area (Å²) in [6.07, 6.45) is 3.77. The third-order valence-electron chi connectivity index (χ3n) is 5.67. The lowest BCUT2D eigenvalue weighted by Gasteiger charge is -2.19. The Hall–Kier alpha value is -2.32. The smallest absolute Gasteiger partial charge is 0.259 e. The maximum atomic E-state index is 12.9. The first-order chi connectivity index (χ1) is 14.7. The molecule has 5 rings (SSSR count). The number of halogens is 1. The van der Waals surface area contributed by atoms with E-state index >= 15 is 0 Å². The lowest BCUT2D eigenvalue weighted by Crippen LogP contribution is -2.28. The Labute approximate surface area is 190 Å². The monoisotopic (exact) mass is 456 g/mol. The van der Waals surface area contributed by atoms with Gasteiger partial charge in [-0.3, -0.25) is 4.79 Å². The Balaban J connectivity index is 0.00000231. The van der Waals surface area contributed by atoms with Crippen LogP contribution in [0.4, 0.5) is 0 Å². The van der Waals surface area contributed by atoms with Crippen molar-refractivity contribution in [2.75, 3.05) is 32.8 Å². The van der Waals surface area contributed by atoms with Crippen LogP contribution in [0.5, 0.6) is 0 Å². The highest BCUT2D eigenvalue weighted by Crippen LogP contribution is 2.25. The summed E-state index contributed by atoms with van der Waals surface area (Å²) in [5.74, 6) is 0.563. The molecule has 8 heteroatoms. The van der Waals surface area contributed by atoms with Crippen LogP contribution in [0.25, 0.3) is 32.5 Å². The minimum Gasteiger partial charge on any atom is -0.380 e. The number of aromatic nitrogens is 3. The standard InChI is InChI=1S/C23H24N4O2S.ClH/c1-15-11-16(3-6-27-5-2-8-29-9-7-27)12-19-20(15)25-21(26-22(19)28)18-13-17-4-10-30-23(17)24-14-18;/h4,10-14H,2-3,5-9H2,1H3,(H,25,26,28);1H. The summed E-state index contributed by atoms with van der Waals surface area (Å²) in [5, 5.41) is 3.73. The zero-order valence-corrected chi connectivity index (χ0v) is 19.0. The maximum absolute atomic E-state index is 12.9. The zero-order valence-electron chi connectivity index (χ0n) is 17.4. The van der Waals surface area contributed by atoms with Gasteiger partial charge in [-0.05, 0) is 54.5 Å². The Bertz CT molecular complexity index is 1260. The van der Waals surface area contributed by atoms with E-state index in [1.54, 1.807) is 17.5 Å². The number of fused-ring (bicyclic) bond motifs is 2. The normalized spacial score (nSPS) is 15.1. The van der Waals surface area contributed by atoms with Crippen LogP contribution in [-0.2, 0) is 11.2 Å². The van der Waals surface area contributed by atoms with Crippen LogP contribution >= 0.6 is 23.7 Å². The maximum Gasteiger partial charge on any atom is 0.259 e. The Morgan fingerprint density at radius 1 is 1.23 bits per heavy atom. The molecule has 1 fully saturated rings. The second kappa shape index (κ2) is 9.44. The van der Waals surface area contributed by atoms with Gasteiger partial charge in [0.05, 0.1) is 17.5 Å². The number of H-pyrrole nitrogens is 1. The first-order valence-electron chi connectivity index (χ1n) is 10.3. The number of ether oxygens (including phenoxy) is 1. The van der Waals surface area contributed by atoms with Gasteiger partial charge < -0.3 is 14.6 Å². The lowest BCUT2D eigenvalue weighted by molar-refractivity contribution is 0.141. The van der Waals surface area contributed by atoms with Gasteiger partial charge >= 0.3 is 0 Å². The average molecular weight is 457 g/mol. The van der Waals surface area contributed by atoms with Crippen molar-refractivity contribution in [2.45, 2.75) is 19.8 Å². The zero-order chi connectivity index (χ0) is 20.5. The number of aromatic amines is 1. The number of nitrogens with one attached hydrogen (secondary N) is 1. The van der Waals surface area contributed by atoms with Crippen molar-refractivity contribution in [2.24, 2.45) is 0 Å². The molecule has 1 aromatic carbocycles. The number of hydrogen-bond acceptors (Lipinski definition) is 6. The number of pyridine rings is 1. The molecule has 31 heavy (non-hydrogen) atoms. The fraction of sp³-hybridized carbons (Fsp3) is 0.348. The predicted octanol–water partition coefficient (Wildman–Crippen LogP) is 4.19. The van der Waals surface area contributed by atoms with Gasteiger partial charge in [0.2, 0.25) is 0 Å². The lowest BCUT2D eigenvalue weighted by atomic mass is 10.0. The molecule has 162 valence electrons. The van der Waals surface area contributed by atoms with E-state index < -0.39 is 0 Å². The average Bonchev–Trinajstić information content (AvgIpc) is 3.06. The van der Waals surface area contributed by atoms with Gasteiger partial charge in [-0.2, -0.15) is 0 Å². The third-order valence-corrected chi connectivity index (χ3v) is 6.51. The van der Waals surface area contributed by atoms with Crippen LogP contribution in [0.3, 0.4) is 0 Å². The third kappa shape index (κ3) is 4.65. The van der Waals surface area contributed by atoms with Crippen LogP contribution in [0.15, 0.2) is 40.6 Å². The van der Waals surface area contributed by atoms with E-state index in [0.717, 1.165) is 72.5 Å². The summed E-state index contributed by atoms with van der Waals surface area (Å²) >= 11 is 1.60. The van der Waals surface area contributed by atoms with Crippen LogP contribution in [-0.4, -0.2) is 52.7 Å². The Morgan fingerprint density at radius 2 is 2.13 bits per heavy atom. The number of rotatable bonds is 4. The van der Waals surface area contributed by atoms with Crippen molar-refractivity contribution in [1.82, 2.24) is 19.9 Å². The molecule has 1 saturated heterocycles. The molecule has 0 amide bonds. The molecular weight excluding hydrogens is 432 g/mol. The first-order valence-corrected chi connectivity index (χ1v) is 11.2. The molecule has 1 aliphatic rings. The predicted molar refractivity (Wildman–Crippen MR) is 129 cm³/mol. The molecule has 0 radical (unpaired) electrons. The molecular formula is C23H25ClN4O2S. The molecule has 0 bridgehead atoms. The summed E-state index contributed by atoms with van der Waals surface area (Å²) in [5.41, 5.74) is 3.68. The van der Waals surface area contributed by atoms with Crippen molar-refractivity contribution < 1.29 is 4.74 Å². The molecule has 0 aliphatic carbocycles. The number of hydrogen-bond donors (Lipinski definition) is 1. The van der Waals surface area contributed by atoms with Crippen molar-refractivity contribution in [3.8, 4) is 11.4 Å². The van der Waals surface area contributed by atoms with Crippen LogP contribution in [0, 0.1) is 6.92 Å². The van der Waals surface area contributed by atoms with Crippen molar-refractivity contribution in [3.63, 3.8) is 0 Å². The fourth-order valence-corrected chi connectivity index (χ4v) is 4.79. The summed E-state index contributed by atoms with van der Waals surface area (Å²) in [6, 6.07) is 8.21. The van der Waals surface area contributed by atoms with Crippen LogP contribution in [0.2, 0.25) is 0 Å². The largest absolute Gasteiger partial charge is 0.380 e. The second-order valence-corrected chi connectivity index (χ2v) is 8.71. The number of thiophene rings is 1. The molecule has 1 aliphatic heterocycles. The Kier molecular flexibility index (Phi) is 6.67. The summed E-state index contributed by atoms with van der Waals surface area (Å²) in [7, 11) is 0. The SMILES string of the molecule is Cc1cc(CCN2CCCOCC2)cc2c(=O)[nH]c(-c3cnc4sccc4c3)nc12.Cl.